The molecule has 2 heterocycles. The van der Waals surface area contributed by atoms with E-state index in [4.69, 9.17) is 23.7 Å². The predicted octanol–water partition coefficient (Wildman–Crippen LogP) is 7.90. The number of carbonyl (C=O) groups excluding carboxylic acids is 5. The van der Waals surface area contributed by atoms with Gasteiger partial charge in [-0.2, -0.15) is 0 Å². The molecule has 8 rings (SSSR count). The number of fused-ring (bicyclic) bond motifs is 1. The van der Waals surface area contributed by atoms with Gasteiger partial charge in [0.2, 0.25) is 5.91 Å². The molecule has 1 saturated heterocycles. The number of rotatable bonds is 14. The average Bonchev–Trinajstić information content (AvgIpc) is 3.83. The Morgan fingerprint density at radius 2 is 1.21 bits per heavy atom. The van der Waals surface area contributed by atoms with Crippen LogP contribution in [0.4, 0.5) is 0 Å². The lowest BCUT2D eigenvalue weighted by molar-refractivity contribution is -0.252. The van der Waals surface area contributed by atoms with E-state index in [1.807, 2.05) is 0 Å². The quantitative estimate of drug-likeness (QED) is 0.0495. The molecule has 66 heavy (non-hydrogen) atoms. The Kier molecular flexibility index (Phi) is 14.3. The maximum atomic E-state index is 14.0. The SMILES string of the molecule is C=C(C(=O)NCc1cn([C@@H]2O[C@H](COC(=O)c3ccccc3)[C@@H](OC(=O)c3ccccc3)[C@H](OC(=O)c3ccccc3)[C@H]2OC(=O)c2ccccc2)nn1)[C@@H]1CC[C@@H](C)[C@@H]2CCC(C)=C[C@@H]21. The molecule has 3 aliphatic rings. The van der Waals surface area contributed by atoms with E-state index in [-0.39, 0.29) is 46.5 Å². The molecule has 1 amide bonds. The number of benzene rings is 4. The fourth-order valence-electron chi connectivity index (χ4n) is 9.18. The van der Waals surface area contributed by atoms with Crippen LogP contribution in [0, 0.1) is 23.7 Å². The molecular weight excluding hydrogens is 841 g/mol. The van der Waals surface area contributed by atoms with Crippen LogP contribution >= 0.6 is 0 Å². The van der Waals surface area contributed by atoms with Crippen molar-refractivity contribution in [2.75, 3.05) is 6.61 Å². The lowest BCUT2D eigenvalue weighted by atomic mass is 9.61. The molecule has 0 radical (unpaired) electrons. The minimum absolute atomic E-state index is 0.0141. The van der Waals surface area contributed by atoms with Gasteiger partial charge < -0.3 is 29.0 Å². The Hall–Kier alpha value is -7.19. The van der Waals surface area contributed by atoms with Gasteiger partial charge in [0.25, 0.3) is 0 Å². The second-order valence-electron chi connectivity index (χ2n) is 17.1. The number of hydrogen-bond acceptors (Lipinski definition) is 12. The van der Waals surface area contributed by atoms with Crippen molar-refractivity contribution in [3.8, 4) is 0 Å². The Labute approximate surface area is 382 Å². The Morgan fingerprint density at radius 3 is 1.77 bits per heavy atom. The minimum atomic E-state index is -1.59. The van der Waals surface area contributed by atoms with Crippen LogP contribution in [-0.2, 0) is 35.0 Å². The highest BCUT2D eigenvalue weighted by molar-refractivity contribution is 5.93. The maximum absolute atomic E-state index is 14.0. The Balaban J connectivity index is 1.12. The van der Waals surface area contributed by atoms with Gasteiger partial charge in [0.15, 0.2) is 24.5 Å². The van der Waals surface area contributed by atoms with Crippen LogP contribution in [0.25, 0.3) is 0 Å². The molecule has 14 nitrogen and oxygen atoms in total. The van der Waals surface area contributed by atoms with Crippen molar-refractivity contribution in [1.82, 2.24) is 20.3 Å². The lowest BCUT2D eigenvalue weighted by Gasteiger charge is -2.44. The number of aromatic nitrogens is 3. The topological polar surface area (TPSA) is 174 Å². The van der Waals surface area contributed by atoms with Crippen molar-refractivity contribution in [2.24, 2.45) is 23.7 Å². The number of nitrogens with one attached hydrogen (secondary N) is 1. The number of nitrogens with zero attached hydrogens (tertiary/aromatic N) is 3. The normalized spacial score (nSPS) is 24.6. The number of ether oxygens (including phenoxy) is 5. The van der Waals surface area contributed by atoms with E-state index in [0.717, 1.165) is 25.7 Å². The van der Waals surface area contributed by atoms with Crippen molar-refractivity contribution >= 4 is 29.8 Å². The van der Waals surface area contributed by atoms with E-state index in [1.54, 1.807) is 121 Å². The van der Waals surface area contributed by atoms with Gasteiger partial charge >= 0.3 is 23.9 Å². The van der Waals surface area contributed by atoms with E-state index >= 15 is 0 Å². The highest BCUT2D eigenvalue weighted by Crippen LogP contribution is 2.47. The third-order valence-electron chi connectivity index (χ3n) is 12.7. The molecule has 340 valence electrons. The van der Waals surface area contributed by atoms with Crippen LogP contribution in [0.3, 0.4) is 0 Å². The van der Waals surface area contributed by atoms with E-state index in [1.165, 1.54) is 16.5 Å². The van der Waals surface area contributed by atoms with E-state index in [9.17, 15) is 24.0 Å². The van der Waals surface area contributed by atoms with Crippen molar-refractivity contribution in [3.05, 3.63) is 179 Å². The molecule has 2 aliphatic carbocycles. The fraction of sp³-hybridized carbons (Fsp3) is 0.327. The van der Waals surface area contributed by atoms with Gasteiger partial charge in [-0.05, 0) is 105 Å². The molecular formula is C52H52N4O10. The van der Waals surface area contributed by atoms with Gasteiger partial charge in [0.05, 0.1) is 35.0 Å². The first-order valence-electron chi connectivity index (χ1n) is 22.2. The number of esters is 4. The van der Waals surface area contributed by atoms with Gasteiger partial charge in [0, 0.05) is 5.57 Å². The summed E-state index contributed by atoms with van der Waals surface area (Å²) in [7, 11) is 0. The van der Waals surface area contributed by atoms with Crippen LogP contribution in [-0.4, -0.2) is 75.8 Å². The average molecular weight is 893 g/mol. The Morgan fingerprint density at radius 1 is 0.697 bits per heavy atom. The molecule has 0 unspecified atom stereocenters. The second-order valence-corrected chi connectivity index (χ2v) is 17.1. The zero-order chi connectivity index (χ0) is 46.2. The summed E-state index contributed by atoms with van der Waals surface area (Å²) in [6.07, 6.45) is 0.457. The molecule has 1 saturated carbocycles. The third-order valence-corrected chi connectivity index (χ3v) is 12.7. The van der Waals surface area contributed by atoms with Crippen LogP contribution < -0.4 is 5.32 Å². The zero-order valence-electron chi connectivity index (χ0n) is 36.8. The summed E-state index contributed by atoms with van der Waals surface area (Å²) in [5, 5.41) is 11.6. The number of hydrogen-bond donors (Lipinski definition) is 1. The maximum Gasteiger partial charge on any atom is 0.338 e. The van der Waals surface area contributed by atoms with Crippen molar-refractivity contribution in [3.63, 3.8) is 0 Å². The van der Waals surface area contributed by atoms with Crippen LogP contribution in [0.2, 0.25) is 0 Å². The van der Waals surface area contributed by atoms with Gasteiger partial charge in [-0.15, -0.1) is 5.10 Å². The van der Waals surface area contributed by atoms with E-state index in [2.05, 4.69) is 42.1 Å². The van der Waals surface area contributed by atoms with Gasteiger partial charge in [0.1, 0.15) is 18.4 Å². The molecule has 1 aliphatic heterocycles. The van der Waals surface area contributed by atoms with Crippen molar-refractivity contribution in [1.29, 1.82) is 0 Å². The first kappa shape index (κ1) is 45.4. The van der Waals surface area contributed by atoms with Gasteiger partial charge in [-0.1, -0.05) is 103 Å². The third kappa shape index (κ3) is 10.5. The van der Waals surface area contributed by atoms with E-state index in [0.29, 0.717) is 23.1 Å². The summed E-state index contributed by atoms with van der Waals surface area (Å²) in [5.74, 6) is -2.12. The smallest absolute Gasteiger partial charge is 0.338 e. The van der Waals surface area contributed by atoms with Crippen molar-refractivity contribution in [2.45, 2.75) is 76.7 Å². The molecule has 0 bridgehead atoms. The van der Waals surface area contributed by atoms with Gasteiger partial charge in [-0.3, -0.25) is 4.79 Å². The molecule has 14 heteroatoms. The Bertz CT molecular complexity index is 2550. The summed E-state index contributed by atoms with van der Waals surface area (Å²) >= 11 is 0. The van der Waals surface area contributed by atoms with Crippen LogP contribution in [0.5, 0.6) is 0 Å². The van der Waals surface area contributed by atoms with Gasteiger partial charge in [-0.25, -0.2) is 23.9 Å². The predicted molar refractivity (Wildman–Crippen MR) is 240 cm³/mol. The largest absolute Gasteiger partial charge is 0.459 e. The summed E-state index contributed by atoms with van der Waals surface area (Å²) in [6, 6.07) is 32.7. The molecule has 5 aromatic rings. The summed E-state index contributed by atoms with van der Waals surface area (Å²) in [4.78, 5) is 69.0. The molecule has 9 atom stereocenters. The number of carbonyl (C=O) groups is 5. The highest BCUT2D eigenvalue weighted by Gasteiger charge is 2.54. The first-order valence-corrected chi connectivity index (χ1v) is 22.2. The standard InChI is InChI=1S/C52H52N4O10/c1-32-24-26-40-33(2)25-27-41(42(40)28-32)34(3)47(57)53-29-39-30-56(55-54-39)48-46(66-52(61)38-22-14-7-15-23-38)45(65-51(60)37-20-12-6-13-21-37)44(64-50(59)36-18-10-5-11-19-36)43(63-48)31-62-49(58)35-16-8-4-9-17-35/h4-23,28,30,33,40-46,48H,3,24-27,29,31H2,1-2H3,(H,53,57)/t33-,40+,41+,42+,43-,44-,45+,46-,48-/m1/s1. The molecule has 2 fully saturated rings. The summed E-state index contributed by atoms with van der Waals surface area (Å²) in [6.45, 7) is 8.17. The molecule has 4 aromatic carbocycles. The first-order chi connectivity index (χ1) is 32.0. The molecule has 0 spiro atoms. The summed E-state index contributed by atoms with van der Waals surface area (Å²) in [5.41, 5.74) is 2.91. The zero-order valence-corrected chi connectivity index (χ0v) is 36.8. The second kappa shape index (κ2) is 20.8. The number of allylic oxidation sites excluding steroid dienone is 2. The fourth-order valence-corrected chi connectivity index (χ4v) is 9.18. The van der Waals surface area contributed by atoms with Crippen molar-refractivity contribution < 1.29 is 47.7 Å². The molecule has 1 N–H and O–H groups in total. The molecule has 1 aromatic heterocycles. The lowest BCUT2D eigenvalue weighted by Crippen LogP contribution is -2.61. The highest BCUT2D eigenvalue weighted by atomic mass is 16.7. The van der Waals surface area contributed by atoms with E-state index < -0.39 is 61.1 Å². The number of amides is 1. The van der Waals surface area contributed by atoms with Crippen LogP contribution in [0.1, 0.15) is 92.9 Å². The minimum Gasteiger partial charge on any atom is -0.459 e. The van der Waals surface area contributed by atoms with Crippen LogP contribution in [0.15, 0.2) is 151 Å². The summed E-state index contributed by atoms with van der Waals surface area (Å²) < 4.78 is 32.2. The monoisotopic (exact) mass is 892 g/mol.